The second-order valence-corrected chi connectivity index (χ2v) is 6.00. The molecule has 2 unspecified atom stereocenters. The molecule has 0 saturated heterocycles. The topological polar surface area (TPSA) is 24.9 Å². The van der Waals surface area contributed by atoms with Crippen molar-refractivity contribution in [3.05, 3.63) is 42.1 Å². The van der Waals surface area contributed by atoms with Gasteiger partial charge in [0.25, 0.3) is 0 Å². The zero-order valence-corrected chi connectivity index (χ0v) is 12.3. The largest absolute Gasteiger partial charge is 0.316 e. The monoisotopic (exact) mass is 268 g/mol. The second-order valence-electron chi connectivity index (χ2n) is 6.00. The van der Waals surface area contributed by atoms with Crippen LogP contribution >= 0.6 is 0 Å². The molecule has 3 rings (SSSR count). The number of fused-ring (bicyclic) bond motifs is 1. The lowest BCUT2D eigenvalue weighted by Crippen LogP contribution is -2.36. The average molecular weight is 268 g/mol. The van der Waals surface area contributed by atoms with Crippen LogP contribution in [-0.4, -0.2) is 18.1 Å². The van der Waals surface area contributed by atoms with Gasteiger partial charge in [0.05, 0.1) is 5.52 Å². The number of nitrogens with one attached hydrogen (secondary N) is 1. The standard InChI is InChI=1S/C18H24N2/c1-2-11-19-13-16-8-7-15(16)12-17-10-9-14-5-3-4-6-18(14)20-17/h3-6,9-10,15-16,19H,2,7-8,11-13H2,1H3. The SMILES string of the molecule is CCCNCC1CCC1Cc1ccc2ccccc2n1. The van der Waals surface area contributed by atoms with Crippen LogP contribution in [0.1, 0.15) is 31.9 Å². The third kappa shape index (κ3) is 3.01. The van der Waals surface area contributed by atoms with Gasteiger partial charge in [-0.25, -0.2) is 0 Å². The molecule has 1 heterocycles. The average Bonchev–Trinajstić information content (AvgIpc) is 2.48. The lowest BCUT2D eigenvalue weighted by Gasteiger charge is -2.37. The molecule has 0 aliphatic heterocycles. The number of nitrogens with zero attached hydrogens (tertiary/aromatic N) is 1. The molecule has 20 heavy (non-hydrogen) atoms. The number of hydrogen-bond acceptors (Lipinski definition) is 2. The van der Waals surface area contributed by atoms with E-state index in [4.69, 9.17) is 4.98 Å². The summed E-state index contributed by atoms with van der Waals surface area (Å²) in [6.07, 6.45) is 5.12. The van der Waals surface area contributed by atoms with Crippen LogP contribution in [0.25, 0.3) is 10.9 Å². The zero-order valence-electron chi connectivity index (χ0n) is 12.3. The molecule has 1 saturated carbocycles. The molecule has 0 amide bonds. The van der Waals surface area contributed by atoms with Crippen LogP contribution in [0.3, 0.4) is 0 Å². The van der Waals surface area contributed by atoms with Gasteiger partial charge in [0.15, 0.2) is 0 Å². The zero-order chi connectivity index (χ0) is 13.8. The Bertz CT molecular complexity index is 564. The summed E-state index contributed by atoms with van der Waals surface area (Å²) in [6, 6.07) is 12.8. The summed E-state index contributed by atoms with van der Waals surface area (Å²) in [6.45, 7) is 4.56. The minimum Gasteiger partial charge on any atom is -0.316 e. The van der Waals surface area contributed by atoms with Gasteiger partial charge < -0.3 is 5.32 Å². The summed E-state index contributed by atoms with van der Waals surface area (Å²) in [4.78, 5) is 4.81. The lowest BCUT2D eigenvalue weighted by atomic mass is 9.71. The Morgan fingerprint density at radius 3 is 2.75 bits per heavy atom. The van der Waals surface area contributed by atoms with E-state index in [9.17, 15) is 0 Å². The van der Waals surface area contributed by atoms with E-state index in [0.29, 0.717) is 0 Å². The summed E-state index contributed by atoms with van der Waals surface area (Å²) >= 11 is 0. The number of hydrogen-bond donors (Lipinski definition) is 1. The van der Waals surface area contributed by atoms with Crippen molar-refractivity contribution in [2.24, 2.45) is 11.8 Å². The van der Waals surface area contributed by atoms with Crippen molar-refractivity contribution < 1.29 is 0 Å². The van der Waals surface area contributed by atoms with Crippen molar-refractivity contribution in [3.8, 4) is 0 Å². The minimum atomic E-state index is 0.827. The molecule has 0 bridgehead atoms. The van der Waals surface area contributed by atoms with Crippen LogP contribution in [0, 0.1) is 11.8 Å². The van der Waals surface area contributed by atoms with Gasteiger partial charge in [-0.2, -0.15) is 0 Å². The summed E-state index contributed by atoms with van der Waals surface area (Å²) in [5.41, 5.74) is 2.39. The third-order valence-corrected chi connectivity index (χ3v) is 4.54. The van der Waals surface area contributed by atoms with Crippen molar-refractivity contribution in [3.63, 3.8) is 0 Å². The van der Waals surface area contributed by atoms with Gasteiger partial charge in [0.2, 0.25) is 0 Å². The Hall–Kier alpha value is -1.41. The molecule has 0 radical (unpaired) electrons. The molecular formula is C18H24N2. The minimum absolute atomic E-state index is 0.827. The van der Waals surface area contributed by atoms with Crippen LogP contribution in [-0.2, 0) is 6.42 Å². The highest BCUT2D eigenvalue weighted by atomic mass is 14.9. The van der Waals surface area contributed by atoms with Gasteiger partial charge in [0, 0.05) is 11.1 Å². The Morgan fingerprint density at radius 2 is 1.95 bits per heavy atom. The number of para-hydroxylation sites is 1. The number of pyridine rings is 1. The molecule has 1 aromatic heterocycles. The van der Waals surface area contributed by atoms with Crippen molar-refractivity contribution in [2.45, 2.75) is 32.6 Å². The van der Waals surface area contributed by atoms with Gasteiger partial charge in [-0.3, -0.25) is 4.98 Å². The summed E-state index contributed by atoms with van der Waals surface area (Å²) < 4.78 is 0. The molecule has 1 aromatic carbocycles. The fourth-order valence-corrected chi connectivity index (χ4v) is 3.13. The molecule has 0 spiro atoms. The van der Waals surface area contributed by atoms with Crippen molar-refractivity contribution in [1.82, 2.24) is 10.3 Å². The fourth-order valence-electron chi connectivity index (χ4n) is 3.13. The van der Waals surface area contributed by atoms with E-state index in [1.807, 2.05) is 0 Å². The first-order valence-corrected chi connectivity index (χ1v) is 7.92. The van der Waals surface area contributed by atoms with Gasteiger partial charge in [-0.15, -0.1) is 0 Å². The molecule has 2 heteroatoms. The van der Waals surface area contributed by atoms with E-state index in [1.165, 1.54) is 36.9 Å². The van der Waals surface area contributed by atoms with Crippen LogP contribution in [0.2, 0.25) is 0 Å². The smallest absolute Gasteiger partial charge is 0.0705 e. The molecule has 1 aliphatic rings. The molecule has 1 N–H and O–H groups in total. The van der Waals surface area contributed by atoms with Crippen LogP contribution in [0.15, 0.2) is 36.4 Å². The summed E-state index contributed by atoms with van der Waals surface area (Å²) in [5, 5.41) is 4.80. The molecule has 2 atom stereocenters. The van der Waals surface area contributed by atoms with E-state index in [2.05, 4.69) is 48.6 Å². The molecule has 2 aromatic rings. The van der Waals surface area contributed by atoms with Gasteiger partial charge in [-0.05, 0) is 62.7 Å². The van der Waals surface area contributed by atoms with E-state index in [0.717, 1.165) is 30.3 Å². The first kappa shape index (κ1) is 13.6. The van der Waals surface area contributed by atoms with Crippen molar-refractivity contribution in [1.29, 1.82) is 0 Å². The quantitative estimate of drug-likeness (QED) is 0.806. The van der Waals surface area contributed by atoms with E-state index < -0.39 is 0 Å². The molecule has 106 valence electrons. The predicted octanol–water partition coefficient (Wildman–Crippen LogP) is 3.80. The Balaban J connectivity index is 1.61. The highest BCUT2D eigenvalue weighted by molar-refractivity contribution is 5.78. The Morgan fingerprint density at radius 1 is 1.10 bits per heavy atom. The van der Waals surface area contributed by atoms with E-state index >= 15 is 0 Å². The van der Waals surface area contributed by atoms with Crippen LogP contribution in [0.4, 0.5) is 0 Å². The third-order valence-electron chi connectivity index (χ3n) is 4.54. The number of aromatic nitrogens is 1. The van der Waals surface area contributed by atoms with Crippen molar-refractivity contribution >= 4 is 10.9 Å². The summed E-state index contributed by atoms with van der Waals surface area (Å²) in [5.74, 6) is 1.68. The first-order valence-electron chi connectivity index (χ1n) is 7.92. The van der Waals surface area contributed by atoms with Gasteiger partial charge in [0.1, 0.15) is 0 Å². The molecular weight excluding hydrogens is 244 g/mol. The van der Waals surface area contributed by atoms with Crippen molar-refractivity contribution in [2.75, 3.05) is 13.1 Å². The van der Waals surface area contributed by atoms with E-state index in [-0.39, 0.29) is 0 Å². The maximum Gasteiger partial charge on any atom is 0.0705 e. The molecule has 2 nitrogen and oxygen atoms in total. The summed E-state index contributed by atoms with van der Waals surface area (Å²) in [7, 11) is 0. The number of benzene rings is 1. The van der Waals surface area contributed by atoms with Crippen LogP contribution in [0.5, 0.6) is 0 Å². The van der Waals surface area contributed by atoms with Crippen LogP contribution < -0.4 is 5.32 Å². The first-order chi connectivity index (χ1) is 9.86. The normalized spacial score (nSPS) is 21.9. The van der Waals surface area contributed by atoms with Gasteiger partial charge in [-0.1, -0.05) is 31.2 Å². The molecule has 1 aliphatic carbocycles. The fraction of sp³-hybridized carbons (Fsp3) is 0.500. The maximum atomic E-state index is 4.81. The molecule has 1 fully saturated rings. The maximum absolute atomic E-state index is 4.81. The highest BCUT2D eigenvalue weighted by Gasteiger charge is 2.30. The lowest BCUT2D eigenvalue weighted by molar-refractivity contribution is 0.170. The highest BCUT2D eigenvalue weighted by Crippen LogP contribution is 2.36. The number of rotatable bonds is 6. The predicted molar refractivity (Wildman–Crippen MR) is 84.8 cm³/mol. The van der Waals surface area contributed by atoms with Gasteiger partial charge >= 0.3 is 0 Å². The Labute approximate surface area is 121 Å². The second kappa shape index (κ2) is 6.36. The van der Waals surface area contributed by atoms with E-state index in [1.54, 1.807) is 0 Å². The Kier molecular flexibility index (Phi) is 4.31.